The zero-order valence-electron chi connectivity index (χ0n) is 13.8. The van der Waals surface area contributed by atoms with Crippen molar-refractivity contribution in [2.24, 2.45) is 0 Å². The predicted octanol–water partition coefficient (Wildman–Crippen LogP) is 6.56. The molecule has 0 amide bonds. The van der Waals surface area contributed by atoms with Crippen molar-refractivity contribution in [3.63, 3.8) is 0 Å². The van der Waals surface area contributed by atoms with Gasteiger partial charge < -0.3 is 0 Å². The number of allylic oxidation sites excluding steroid dienone is 4. The van der Waals surface area contributed by atoms with E-state index in [1.165, 1.54) is 64.3 Å². The van der Waals surface area contributed by atoms with Gasteiger partial charge in [0.15, 0.2) is 0 Å². The lowest BCUT2D eigenvalue weighted by atomic mass is 9.78. The molecule has 116 valence electrons. The SMILES string of the molecule is C1=CC2=C(CC1)CCc1c2ccc2cccc(-c3ccccc3)c12. The maximum atomic E-state index is 2.35. The Morgan fingerprint density at radius 1 is 0.667 bits per heavy atom. The van der Waals surface area contributed by atoms with E-state index in [9.17, 15) is 0 Å². The van der Waals surface area contributed by atoms with Crippen LogP contribution in [-0.2, 0) is 6.42 Å². The van der Waals surface area contributed by atoms with Gasteiger partial charge in [0, 0.05) is 0 Å². The first-order valence-electron chi connectivity index (χ1n) is 8.91. The van der Waals surface area contributed by atoms with Crippen LogP contribution in [0.3, 0.4) is 0 Å². The minimum Gasteiger partial charge on any atom is -0.0836 e. The fraction of sp³-hybridized carbons (Fsp3) is 0.167. The largest absolute Gasteiger partial charge is 0.0836 e. The Morgan fingerprint density at radius 3 is 2.50 bits per heavy atom. The van der Waals surface area contributed by atoms with Gasteiger partial charge >= 0.3 is 0 Å². The number of hydrogen-bond acceptors (Lipinski definition) is 0. The highest BCUT2D eigenvalue weighted by Crippen LogP contribution is 2.42. The Bertz CT molecular complexity index is 987. The Balaban J connectivity index is 1.83. The molecule has 0 fully saturated rings. The third-order valence-corrected chi connectivity index (χ3v) is 5.48. The first-order chi connectivity index (χ1) is 11.9. The summed E-state index contributed by atoms with van der Waals surface area (Å²) in [6.07, 6.45) is 9.52. The van der Waals surface area contributed by atoms with Gasteiger partial charge in [-0.05, 0) is 64.3 Å². The molecule has 0 heteroatoms. The second kappa shape index (κ2) is 5.49. The van der Waals surface area contributed by atoms with Crippen molar-refractivity contribution in [3.8, 4) is 11.1 Å². The summed E-state index contributed by atoms with van der Waals surface area (Å²) in [5.41, 5.74) is 8.83. The Kier molecular flexibility index (Phi) is 3.16. The van der Waals surface area contributed by atoms with Crippen LogP contribution in [0.25, 0.3) is 27.5 Å². The van der Waals surface area contributed by atoms with Gasteiger partial charge in [0.2, 0.25) is 0 Å². The van der Waals surface area contributed by atoms with Gasteiger partial charge in [0.1, 0.15) is 0 Å². The van der Waals surface area contributed by atoms with E-state index in [0.29, 0.717) is 0 Å². The average molecular weight is 308 g/mol. The van der Waals surface area contributed by atoms with E-state index in [0.717, 1.165) is 0 Å². The molecule has 2 aliphatic rings. The van der Waals surface area contributed by atoms with Crippen LogP contribution in [0.4, 0.5) is 0 Å². The molecule has 0 spiro atoms. The molecular formula is C24H20. The lowest BCUT2D eigenvalue weighted by Crippen LogP contribution is -2.07. The standard InChI is InChI=1S/C24H20/c1-2-7-17(8-3-1)21-12-6-10-19-14-15-22-20-11-5-4-9-18(20)13-16-23(22)24(19)21/h1-3,5-8,10-12,14-15H,4,9,13,16H2. The molecule has 0 aromatic heterocycles. The molecule has 5 rings (SSSR count). The summed E-state index contributed by atoms with van der Waals surface area (Å²) in [4.78, 5) is 0. The van der Waals surface area contributed by atoms with Crippen LogP contribution < -0.4 is 0 Å². The van der Waals surface area contributed by atoms with Crippen LogP contribution in [0.1, 0.15) is 30.4 Å². The average Bonchev–Trinajstić information content (AvgIpc) is 2.67. The van der Waals surface area contributed by atoms with Crippen molar-refractivity contribution in [2.45, 2.75) is 25.7 Å². The van der Waals surface area contributed by atoms with Crippen molar-refractivity contribution in [2.75, 3.05) is 0 Å². The van der Waals surface area contributed by atoms with Crippen molar-refractivity contribution in [1.29, 1.82) is 0 Å². The third kappa shape index (κ3) is 2.06. The molecule has 0 saturated carbocycles. The molecule has 3 aromatic carbocycles. The molecule has 24 heavy (non-hydrogen) atoms. The summed E-state index contributed by atoms with van der Waals surface area (Å²) in [6, 6.07) is 22.2. The summed E-state index contributed by atoms with van der Waals surface area (Å²) >= 11 is 0. The highest BCUT2D eigenvalue weighted by atomic mass is 14.3. The minimum absolute atomic E-state index is 1.17. The number of benzene rings is 3. The maximum Gasteiger partial charge on any atom is -0.00670 e. The second-order valence-electron chi connectivity index (χ2n) is 6.82. The van der Waals surface area contributed by atoms with E-state index in [2.05, 4.69) is 72.8 Å². The van der Waals surface area contributed by atoms with E-state index in [4.69, 9.17) is 0 Å². The van der Waals surface area contributed by atoms with E-state index < -0.39 is 0 Å². The third-order valence-electron chi connectivity index (χ3n) is 5.48. The first kappa shape index (κ1) is 13.8. The highest BCUT2D eigenvalue weighted by molar-refractivity contribution is 6.02. The van der Waals surface area contributed by atoms with Crippen LogP contribution in [0.15, 0.2) is 78.4 Å². The van der Waals surface area contributed by atoms with Crippen LogP contribution in [0.5, 0.6) is 0 Å². The van der Waals surface area contributed by atoms with Crippen molar-refractivity contribution in [1.82, 2.24) is 0 Å². The molecule has 0 bridgehead atoms. The first-order valence-corrected chi connectivity index (χ1v) is 8.91. The molecule has 0 saturated heterocycles. The van der Waals surface area contributed by atoms with Crippen molar-refractivity contribution in [3.05, 3.63) is 89.5 Å². The smallest absolute Gasteiger partial charge is 0.00670 e. The Labute approximate surface area is 143 Å². The minimum atomic E-state index is 1.17. The maximum absolute atomic E-state index is 2.35. The van der Waals surface area contributed by atoms with Gasteiger partial charge in [-0.1, -0.05) is 78.4 Å². The summed E-state index contributed by atoms with van der Waals surface area (Å²) < 4.78 is 0. The highest BCUT2D eigenvalue weighted by Gasteiger charge is 2.21. The molecule has 0 radical (unpaired) electrons. The number of rotatable bonds is 1. The van der Waals surface area contributed by atoms with Crippen LogP contribution in [0.2, 0.25) is 0 Å². The monoisotopic (exact) mass is 308 g/mol. The van der Waals surface area contributed by atoms with Crippen molar-refractivity contribution >= 4 is 16.3 Å². The summed E-state index contributed by atoms with van der Waals surface area (Å²) in [5, 5.41) is 2.81. The normalized spacial score (nSPS) is 16.2. The van der Waals surface area contributed by atoms with Crippen LogP contribution in [0, 0.1) is 0 Å². The lowest BCUT2D eigenvalue weighted by Gasteiger charge is -2.26. The molecular weight excluding hydrogens is 288 g/mol. The molecule has 2 aliphatic carbocycles. The quantitative estimate of drug-likeness (QED) is 0.478. The molecule has 0 aliphatic heterocycles. The molecule has 0 atom stereocenters. The molecule has 0 nitrogen and oxygen atoms in total. The van der Waals surface area contributed by atoms with Gasteiger partial charge in [-0.25, -0.2) is 0 Å². The zero-order chi connectivity index (χ0) is 15.9. The van der Waals surface area contributed by atoms with Gasteiger partial charge in [0.25, 0.3) is 0 Å². The van der Waals surface area contributed by atoms with Crippen molar-refractivity contribution < 1.29 is 0 Å². The predicted molar refractivity (Wildman–Crippen MR) is 103 cm³/mol. The number of hydrogen-bond donors (Lipinski definition) is 0. The summed E-state index contributed by atoms with van der Waals surface area (Å²) in [6.45, 7) is 0. The van der Waals surface area contributed by atoms with E-state index >= 15 is 0 Å². The molecule has 0 heterocycles. The number of aryl methyl sites for hydroxylation is 1. The summed E-state index contributed by atoms with van der Waals surface area (Å²) in [7, 11) is 0. The topological polar surface area (TPSA) is 0 Å². The Morgan fingerprint density at radius 2 is 1.58 bits per heavy atom. The van der Waals surface area contributed by atoms with Gasteiger partial charge in [-0.2, -0.15) is 0 Å². The van der Waals surface area contributed by atoms with E-state index in [-0.39, 0.29) is 0 Å². The van der Waals surface area contributed by atoms with Gasteiger partial charge in [-0.3, -0.25) is 0 Å². The molecule has 0 unspecified atom stereocenters. The Hall–Kier alpha value is -2.60. The summed E-state index contributed by atoms with van der Waals surface area (Å²) in [5.74, 6) is 0. The van der Waals surface area contributed by atoms with Gasteiger partial charge in [-0.15, -0.1) is 0 Å². The zero-order valence-corrected chi connectivity index (χ0v) is 13.8. The van der Waals surface area contributed by atoms with E-state index in [1.54, 1.807) is 5.57 Å². The molecule has 3 aromatic rings. The number of fused-ring (bicyclic) bond motifs is 4. The van der Waals surface area contributed by atoms with E-state index in [1.807, 2.05) is 0 Å². The lowest BCUT2D eigenvalue weighted by molar-refractivity contribution is 0.831. The van der Waals surface area contributed by atoms with Gasteiger partial charge in [0.05, 0.1) is 0 Å². The van der Waals surface area contributed by atoms with Crippen LogP contribution in [-0.4, -0.2) is 0 Å². The fourth-order valence-corrected chi connectivity index (χ4v) is 4.35. The fourth-order valence-electron chi connectivity index (χ4n) is 4.35. The molecule has 0 N–H and O–H groups in total. The second-order valence-corrected chi connectivity index (χ2v) is 6.82. The van der Waals surface area contributed by atoms with Crippen LogP contribution >= 0.6 is 0 Å².